The van der Waals surface area contributed by atoms with Crippen molar-refractivity contribution in [2.45, 2.75) is 13.8 Å². The molecule has 2 rings (SSSR count). The number of pyridine rings is 1. The standard InChI is InChI=1S/C12H13N3OS/c1-3-14-11(16)10-8(2)15-12(17-10)9-5-4-6-13-7-9/h4-7H,3H2,1-2H3,(H,14,16). The zero-order valence-corrected chi connectivity index (χ0v) is 10.5. The molecular weight excluding hydrogens is 234 g/mol. The highest BCUT2D eigenvalue weighted by Gasteiger charge is 2.15. The summed E-state index contributed by atoms with van der Waals surface area (Å²) in [5.74, 6) is -0.0577. The van der Waals surface area contributed by atoms with E-state index in [1.54, 1.807) is 12.4 Å². The molecule has 0 atom stereocenters. The lowest BCUT2D eigenvalue weighted by Crippen LogP contribution is -2.22. The second-order valence-electron chi connectivity index (χ2n) is 3.53. The summed E-state index contributed by atoms with van der Waals surface area (Å²) in [7, 11) is 0. The van der Waals surface area contributed by atoms with Gasteiger partial charge in [0.15, 0.2) is 0 Å². The topological polar surface area (TPSA) is 54.9 Å². The molecular formula is C12H13N3OS. The van der Waals surface area contributed by atoms with Crippen LogP contribution in [0.1, 0.15) is 22.3 Å². The van der Waals surface area contributed by atoms with Crippen molar-refractivity contribution in [3.05, 3.63) is 35.1 Å². The predicted octanol–water partition coefficient (Wildman–Crippen LogP) is 2.26. The molecule has 0 unspecified atom stereocenters. The van der Waals surface area contributed by atoms with Crippen LogP contribution in [-0.2, 0) is 0 Å². The molecule has 2 aromatic rings. The lowest BCUT2D eigenvalue weighted by molar-refractivity contribution is 0.0959. The fourth-order valence-electron chi connectivity index (χ4n) is 1.46. The minimum atomic E-state index is -0.0577. The van der Waals surface area contributed by atoms with Crippen molar-refractivity contribution in [1.29, 1.82) is 0 Å². The molecule has 2 aromatic heterocycles. The molecule has 0 bridgehead atoms. The van der Waals surface area contributed by atoms with E-state index in [2.05, 4.69) is 15.3 Å². The first kappa shape index (κ1) is 11.7. The summed E-state index contributed by atoms with van der Waals surface area (Å²) in [6, 6.07) is 3.80. The fraction of sp³-hybridized carbons (Fsp3) is 0.250. The Labute approximate surface area is 104 Å². The summed E-state index contributed by atoms with van der Waals surface area (Å²) >= 11 is 1.40. The van der Waals surface area contributed by atoms with E-state index in [4.69, 9.17) is 0 Å². The van der Waals surface area contributed by atoms with Gasteiger partial charge in [0.1, 0.15) is 9.88 Å². The largest absolute Gasteiger partial charge is 0.352 e. The quantitative estimate of drug-likeness (QED) is 0.905. The van der Waals surface area contributed by atoms with Gasteiger partial charge in [-0.15, -0.1) is 11.3 Å². The van der Waals surface area contributed by atoms with Gasteiger partial charge in [-0.1, -0.05) is 0 Å². The van der Waals surface area contributed by atoms with E-state index in [9.17, 15) is 4.79 Å². The van der Waals surface area contributed by atoms with Gasteiger partial charge in [-0.2, -0.15) is 0 Å². The van der Waals surface area contributed by atoms with E-state index >= 15 is 0 Å². The van der Waals surface area contributed by atoms with Gasteiger partial charge in [-0.05, 0) is 26.0 Å². The monoisotopic (exact) mass is 247 g/mol. The van der Waals surface area contributed by atoms with Gasteiger partial charge in [0.2, 0.25) is 0 Å². The first-order chi connectivity index (χ1) is 8.22. The third-order valence-corrected chi connectivity index (χ3v) is 3.45. The molecule has 0 saturated carbocycles. The van der Waals surface area contributed by atoms with Crippen LogP contribution in [0.2, 0.25) is 0 Å². The summed E-state index contributed by atoms with van der Waals surface area (Å²) in [5.41, 5.74) is 1.70. The Morgan fingerprint density at radius 3 is 3.00 bits per heavy atom. The fourth-order valence-corrected chi connectivity index (χ4v) is 2.43. The van der Waals surface area contributed by atoms with Crippen LogP contribution in [0.3, 0.4) is 0 Å². The van der Waals surface area contributed by atoms with Crippen LogP contribution in [0.4, 0.5) is 0 Å². The highest BCUT2D eigenvalue weighted by atomic mass is 32.1. The number of aromatic nitrogens is 2. The Bertz CT molecular complexity index is 522. The first-order valence-corrected chi connectivity index (χ1v) is 6.20. The van der Waals surface area contributed by atoms with Gasteiger partial charge < -0.3 is 5.32 Å². The van der Waals surface area contributed by atoms with E-state index in [0.717, 1.165) is 16.3 Å². The van der Waals surface area contributed by atoms with Gasteiger partial charge in [0.25, 0.3) is 5.91 Å². The van der Waals surface area contributed by atoms with E-state index < -0.39 is 0 Å². The summed E-state index contributed by atoms with van der Waals surface area (Å²) in [6.07, 6.45) is 3.47. The van der Waals surface area contributed by atoms with Crippen LogP contribution in [0.25, 0.3) is 10.6 Å². The zero-order chi connectivity index (χ0) is 12.3. The Balaban J connectivity index is 2.34. The number of hydrogen-bond acceptors (Lipinski definition) is 4. The lowest BCUT2D eigenvalue weighted by Gasteiger charge is -1.97. The van der Waals surface area contributed by atoms with Crippen molar-refractivity contribution in [2.24, 2.45) is 0 Å². The highest BCUT2D eigenvalue weighted by Crippen LogP contribution is 2.26. The lowest BCUT2D eigenvalue weighted by atomic mass is 10.3. The molecule has 2 heterocycles. The minimum Gasteiger partial charge on any atom is -0.352 e. The SMILES string of the molecule is CCNC(=O)c1sc(-c2cccnc2)nc1C. The Morgan fingerprint density at radius 1 is 1.53 bits per heavy atom. The highest BCUT2D eigenvalue weighted by molar-refractivity contribution is 7.17. The van der Waals surface area contributed by atoms with Crippen molar-refractivity contribution in [1.82, 2.24) is 15.3 Å². The number of nitrogens with zero attached hydrogens (tertiary/aromatic N) is 2. The third-order valence-electron chi connectivity index (χ3n) is 2.25. The van der Waals surface area contributed by atoms with E-state index in [1.807, 2.05) is 26.0 Å². The molecule has 1 N–H and O–H groups in total. The van der Waals surface area contributed by atoms with Crippen molar-refractivity contribution < 1.29 is 4.79 Å². The maximum Gasteiger partial charge on any atom is 0.263 e. The molecule has 1 amide bonds. The summed E-state index contributed by atoms with van der Waals surface area (Å²) in [6.45, 7) is 4.37. The number of carbonyl (C=O) groups is 1. The molecule has 0 aliphatic carbocycles. The van der Waals surface area contributed by atoms with Gasteiger partial charge >= 0.3 is 0 Å². The molecule has 0 aromatic carbocycles. The van der Waals surface area contributed by atoms with Crippen molar-refractivity contribution in [3.63, 3.8) is 0 Å². The summed E-state index contributed by atoms with van der Waals surface area (Å²) < 4.78 is 0. The van der Waals surface area contributed by atoms with Gasteiger partial charge in [-0.3, -0.25) is 9.78 Å². The molecule has 0 saturated heterocycles. The molecule has 0 aliphatic rings. The maximum atomic E-state index is 11.8. The van der Waals surface area contributed by atoms with Crippen LogP contribution in [0.5, 0.6) is 0 Å². The molecule has 4 nitrogen and oxygen atoms in total. The number of rotatable bonds is 3. The van der Waals surface area contributed by atoms with E-state index in [-0.39, 0.29) is 5.91 Å². The number of carbonyl (C=O) groups excluding carboxylic acids is 1. The number of amides is 1. The van der Waals surface area contributed by atoms with Crippen LogP contribution < -0.4 is 5.32 Å². The summed E-state index contributed by atoms with van der Waals surface area (Å²) in [5, 5.41) is 3.61. The second-order valence-corrected chi connectivity index (χ2v) is 4.53. The average Bonchev–Trinajstić information content (AvgIpc) is 2.73. The smallest absolute Gasteiger partial charge is 0.263 e. The minimum absolute atomic E-state index is 0.0577. The van der Waals surface area contributed by atoms with Crippen molar-refractivity contribution in [3.8, 4) is 10.6 Å². The van der Waals surface area contributed by atoms with Gasteiger partial charge in [-0.25, -0.2) is 4.98 Å². The Hall–Kier alpha value is -1.75. The molecule has 0 radical (unpaired) electrons. The predicted molar refractivity (Wildman–Crippen MR) is 68.1 cm³/mol. The second kappa shape index (κ2) is 5.05. The molecule has 0 spiro atoms. The molecule has 0 fully saturated rings. The molecule has 0 aliphatic heterocycles. The molecule has 5 heteroatoms. The zero-order valence-electron chi connectivity index (χ0n) is 9.73. The van der Waals surface area contributed by atoms with Crippen molar-refractivity contribution >= 4 is 17.2 Å². The van der Waals surface area contributed by atoms with Gasteiger partial charge in [0.05, 0.1) is 5.69 Å². The van der Waals surface area contributed by atoms with Crippen molar-refractivity contribution in [2.75, 3.05) is 6.54 Å². The van der Waals surface area contributed by atoms with Gasteiger partial charge in [0, 0.05) is 24.5 Å². The average molecular weight is 247 g/mol. The normalized spacial score (nSPS) is 10.2. The first-order valence-electron chi connectivity index (χ1n) is 5.38. The molecule has 17 heavy (non-hydrogen) atoms. The maximum absolute atomic E-state index is 11.8. The van der Waals surface area contributed by atoms with E-state index in [0.29, 0.717) is 11.4 Å². The number of hydrogen-bond donors (Lipinski definition) is 1. The number of thiazole rings is 1. The van der Waals surface area contributed by atoms with E-state index in [1.165, 1.54) is 11.3 Å². The Morgan fingerprint density at radius 2 is 2.35 bits per heavy atom. The number of aryl methyl sites for hydroxylation is 1. The third kappa shape index (κ3) is 2.50. The number of nitrogens with one attached hydrogen (secondary N) is 1. The summed E-state index contributed by atoms with van der Waals surface area (Å²) in [4.78, 5) is 20.9. The van der Waals surface area contributed by atoms with Crippen LogP contribution >= 0.6 is 11.3 Å². The van der Waals surface area contributed by atoms with Crippen LogP contribution in [0, 0.1) is 6.92 Å². The van der Waals surface area contributed by atoms with Crippen LogP contribution in [0.15, 0.2) is 24.5 Å². The Kier molecular flexibility index (Phi) is 3.49. The molecule has 88 valence electrons. The van der Waals surface area contributed by atoms with Crippen LogP contribution in [-0.4, -0.2) is 22.4 Å².